The summed E-state index contributed by atoms with van der Waals surface area (Å²) in [5.41, 5.74) is 0. The fourth-order valence-electron chi connectivity index (χ4n) is 3.28. The summed E-state index contributed by atoms with van der Waals surface area (Å²) in [4.78, 5) is 49.8. The summed E-state index contributed by atoms with van der Waals surface area (Å²) < 4.78 is 40.6. The van der Waals surface area contributed by atoms with Gasteiger partial charge in [0.2, 0.25) is 5.91 Å². The lowest BCUT2D eigenvalue weighted by molar-refractivity contribution is -0.129. The van der Waals surface area contributed by atoms with Crippen molar-refractivity contribution < 1.29 is 41.2 Å². The van der Waals surface area contributed by atoms with Crippen LogP contribution < -0.4 is 5.32 Å². The number of esters is 1. The number of carbonyl (C=O) groups is 4. The normalized spacial score (nSPS) is 20.6. The smallest absolute Gasteiger partial charge is 0.418 e. The molecule has 2 atom stereocenters. The van der Waals surface area contributed by atoms with Crippen molar-refractivity contribution in [3.05, 3.63) is 5.82 Å². The van der Waals surface area contributed by atoms with E-state index in [9.17, 15) is 27.6 Å². The lowest BCUT2D eigenvalue weighted by atomic mass is 10.0. The van der Waals surface area contributed by atoms with Gasteiger partial charge in [0, 0.05) is 6.54 Å². The maximum absolute atomic E-state index is 12.5. The van der Waals surface area contributed by atoms with Crippen LogP contribution in [0.5, 0.6) is 0 Å². The van der Waals surface area contributed by atoms with Gasteiger partial charge in [-0.1, -0.05) is 0 Å². The number of tetrazole rings is 1. The maximum Gasteiger partial charge on any atom is 0.418 e. The Bertz CT molecular complexity index is 994. The van der Waals surface area contributed by atoms with Crippen LogP contribution in [-0.2, 0) is 35.6 Å². The molecule has 2 saturated heterocycles. The molecule has 31 heavy (non-hydrogen) atoms. The molecular weight excluding hydrogens is 442 g/mol. The van der Waals surface area contributed by atoms with Crippen LogP contribution in [0, 0.1) is 0 Å². The third-order valence-corrected chi connectivity index (χ3v) is 4.92. The molecule has 17 heteroatoms. The summed E-state index contributed by atoms with van der Waals surface area (Å²) in [6.07, 6.45) is 0.444. The number of aromatic nitrogens is 4. The number of hydroxylamine groups is 2. The molecule has 0 aliphatic carbocycles. The predicted octanol–water partition coefficient (Wildman–Crippen LogP) is -2.46. The Morgan fingerprint density at radius 3 is 2.71 bits per heavy atom. The first kappa shape index (κ1) is 22.5. The van der Waals surface area contributed by atoms with E-state index < -0.39 is 59.3 Å². The molecule has 1 aromatic heterocycles. The summed E-state index contributed by atoms with van der Waals surface area (Å²) in [6.45, 7) is 0.897. The van der Waals surface area contributed by atoms with Crippen molar-refractivity contribution in [2.45, 2.75) is 38.4 Å². The van der Waals surface area contributed by atoms with Crippen molar-refractivity contribution in [2.75, 3.05) is 19.7 Å². The Morgan fingerprint density at radius 2 is 2.03 bits per heavy atom. The summed E-state index contributed by atoms with van der Waals surface area (Å²) >= 11 is 0. The maximum atomic E-state index is 12.5. The third kappa shape index (κ3) is 5.12. The molecule has 16 nitrogen and oxygen atoms in total. The summed E-state index contributed by atoms with van der Waals surface area (Å²) in [5, 5.41) is 13.3. The minimum absolute atomic E-state index is 0.0217. The van der Waals surface area contributed by atoms with Crippen molar-refractivity contribution in [1.29, 1.82) is 0 Å². The SMILES string of the molecule is CCOC(=O)c1nnnn1CC(=O)CNC(=O)[C@@H]1CC[C@@H]2CN1C(=O)N2OS(=O)(=O)O. The molecule has 170 valence electrons. The third-order valence-electron chi connectivity index (χ3n) is 4.58. The zero-order valence-electron chi connectivity index (χ0n) is 16.2. The van der Waals surface area contributed by atoms with Crippen molar-refractivity contribution >= 4 is 34.1 Å². The molecule has 2 bridgehead atoms. The minimum Gasteiger partial charge on any atom is -0.460 e. The number of Topliss-reactive ketones (excluding diaryl/α,β-unsaturated/α-hetero) is 1. The summed E-state index contributed by atoms with van der Waals surface area (Å²) in [6, 6.07) is -2.48. The van der Waals surface area contributed by atoms with E-state index in [1.54, 1.807) is 6.92 Å². The van der Waals surface area contributed by atoms with Crippen LogP contribution in [0.25, 0.3) is 0 Å². The Hall–Kier alpha value is -3.18. The lowest BCUT2D eigenvalue weighted by Crippen LogP contribution is -2.50. The van der Waals surface area contributed by atoms with Crippen LogP contribution in [0.1, 0.15) is 30.4 Å². The first-order valence-electron chi connectivity index (χ1n) is 9.10. The van der Waals surface area contributed by atoms with Crippen molar-refractivity contribution in [3.63, 3.8) is 0 Å². The first-order valence-corrected chi connectivity index (χ1v) is 10.5. The van der Waals surface area contributed by atoms with E-state index in [1.807, 2.05) is 0 Å². The van der Waals surface area contributed by atoms with Crippen LogP contribution in [0.15, 0.2) is 0 Å². The molecule has 0 radical (unpaired) electrons. The van der Waals surface area contributed by atoms with E-state index in [4.69, 9.17) is 9.29 Å². The van der Waals surface area contributed by atoms with E-state index in [2.05, 4.69) is 25.1 Å². The standard InChI is InChI=1S/C14H19N7O9S/c1-2-29-13(24)11-16-17-18-20(11)7-9(22)5-15-12(23)10-4-3-8-6-19(10)14(25)21(8)30-31(26,27)28/h8,10H,2-7H2,1H3,(H,15,23)(H,26,27,28)/t8-,10+/m1/s1. The number of ketones is 1. The van der Waals surface area contributed by atoms with E-state index in [0.717, 1.165) is 9.58 Å². The van der Waals surface area contributed by atoms with Crippen LogP contribution in [0.2, 0.25) is 0 Å². The van der Waals surface area contributed by atoms with Gasteiger partial charge in [-0.3, -0.25) is 14.1 Å². The second-order valence-corrected chi connectivity index (χ2v) is 7.65. The fourth-order valence-corrected chi connectivity index (χ4v) is 3.67. The number of hydrogen-bond donors (Lipinski definition) is 2. The molecule has 0 aromatic carbocycles. The highest BCUT2D eigenvalue weighted by molar-refractivity contribution is 7.80. The number of hydrogen-bond acceptors (Lipinski definition) is 11. The van der Waals surface area contributed by atoms with E-state index in [-0.39, 0.29) is 31.8 Å². The number of ether oxygens (including phenoxy) is 1. The predicted molar refractivity (Wildman–Crippen MR) is 95.2 cm³/mol. The van der Waals surface area contributed by atoms with E-state index >= 15 is 0 Å². The molecule has 3 heterocycles. The second kappa shape index (κ2) is 8.90. The van der Waals surface area contributed by atoms with Gasteiger partial charge in [-0.2, -0.15) is 13.5 Å². The zero-order valence-corrected chi connectivity index (χ0v) is 17.0. The van der Waals surface area contributed by atoms with Crippen molar-refractivity contribution in [2.24, 2.45) is 0 Å². The van der Waals surface area contributed by atoms with Crippen LogP contribution >= 0.6 is 0 Å². The molecule has 0 spiro atoms. The number of nitrogens with one attached hydrogen (secondary N) is 1. The molecule has 3 rings (SSSR count). The Balaban J connectivity index is 1.55. The molecule has 2 N–H and O–H groups in total. The topological polar surface area (TPSA) is 203 Å². The van der Waals surface area contributed by atoms with Crippen molar-refractivity contribution in [1.82, 2.24) is 35.5 Å². The number of urea groups is 1. The second-order valence-electron chi connectivity index (χ2n) is 6.65. The molecule has 1 aromatic rings. The van der Waals surface area contributed by atoms with Gasteiger partial charge in [-0.05, 0) is 30.2 Å². The Kier molecular flexibility index (Phi) is 6.46. The number of piperidine rings is 1. The Labute approximate surface area is 175 Å². The van der Waals surface area contributed by atoms with Gasteiger partial charge in [0.1, 0.15) is 12.6 Å². The molecule has 2 fully saturated rings. The van der Waals surface area contributed by atoms with Gasteiger partial charge in [-0.15, -0.1) is 9.38 Å². The molecule has 2 aliphatic rings. The molecule has 0 unspecified atom stereocenters. The van der Waals surface area contributed by atoms with Gasteiger partial charge in [-0.25, -0.2) is 14.3 Å². The highest BCUT2D eigenvalue weighted by Crippen LogP contribution is 2.30. The van der Waals surface area contributed by atoms with Crippen LogP contribution in [-0.4, -0.2) is 98.6 Å². The van der Waals surface area contributed by atoms with Gasteiger partial charge < -0.3 is 15.0 Å². The minimum atomic E-state index is -4.89. The zero-order chi connectivity index (χ0) is 22.8. The highest BCUT2D eigenvalue weighted by atomic mass is 32.3. The van der Waals surface area contributed by atoms with Crippen LogP contribution in [0.3, 0.4) is 0 Å². The fraction of sp³-hybridized carbons (Fsp3) is 0.643. The summed E-state index contributed by atoms with van der Waals surface area (Å²) in [7, 11) is -4.89. The number of fused-ring (bicyclic) bond motifs is 2. The first-order chi connectivity index (χ1) is 14.6. The number of rotatable bonds is 9. The van der Waals surface area contributed by atoms with Gasteiger partial charge >= 0.3 is 22.4 Å². The van der Waals surface area contributed by atoms with Gasteiger partial charge in [0.15, 0.2) is 5.78 Å². The van der Waals surface area contributed by atoms with Gasteiger partial charge in [0.25, 0.3) is 5.82 Å². The molecular formula is C14H19N7O9S. The molecule has 3 amide bonds. The Morgan fingerprint density at radius 1 is 1.29 bits per heavy atom. The summed E-state index contributed by atoms with van der Waals surface area (Å²) in [5.74, 6) is -2.22. The average Bonchev–Trinajstić information content (AvgIpc) is 3.24. The highest BCUT2D eigenvalue weighted by Gasteiger charge is 2.49. The quantitative estimate of drug-likeness (QED) is 0.290. The number of carbonyl (C=O) groups excluding carboxylic acids is 4. The van der Waals surface area contributed by atoms with E-state index in [0.29, 0.717) is 5.06 Å². The molecule has 0 saturated carbocycles. The van der Waals surface area contributed by atoms with Crippen molar-refractivity contribution in [3.8, 4) is 0 Å². The average molecular weight is 461 g/mol. The van der Waals surface area contributed by atoms with Gasteiger partial charge in [0.05, 0.1) is 19.2 Å². The van der Waals surface area contributed by atoms with E-state index in [1.165, 1.54) is 0 Å². The number of nitrogens with zero attached hydrogens (tertiary/aromatic N) is 6. The largest absolute Gasteiger partial charge is 0.460 e. The lowest BCUT2D eigenvalue weighted by Gasteiger charge is -2.29. The monoisotopic (exact) mass is 461 g/mol. The molecule has 2 aliphatic heterocycles. The van der Waals surface area contributed by atoms with Crippen LogP contribution in [0.4, 0.5) is 4.79 Å². The number of amides is 3.